The summed E-state index contributed by atoms with van der Waals surface area (Å²) in [5.41, 5.74) is 1.68. The second-order valence-electron chi connectivity index (χ2n) is 9.72. The smallest absolute Gasteiger partial charge is 0.264 e. The number of likely N-dealkylation sites (N-methyl/N-ethyl adjacent to an activating group) is 1. The molecule has 0 saturated carbocycles. The van der Waals surface area contributed by atoms with E-state index >= 15 is 0 Å². The minimum absolute atomic E-state index is 0.0233. The van der Waals surface area contributed by atoms with Crippen molar-refractivity contribution >= 4 is 27.5 Å². The minimum atomic E-state index is -4.22. The summed E-state index contributed by atoms with van der Waals surface area (Å²) >= 11 is 0. The van der Waals surface area contributed by atoms with Crippen LogP contribution in [0.5, 0.6) is 5.75 Å². The van der Waals surface area contributed by atoms with Crippen LogP contribution < -0.4 is 14.4 Å². The molecule has 0 bridgehead atoms. The van der Waals surface area contributed by atoms with Crippen LogP contribution in [0.2, 0.25) is 0 Å². The van der Waals surface area contributed by atoms with Gasteiger partial charge in [0.25, 0.3) is 10.0 Å². The molecule has 43 heavy (non-hydrogen) atoms. The summed E-state index contributed by atoms with van der Waals surface area (Å²) in [4.78, 5) is 28.8. The number of benzene rings is 4. The molecule has 0 aromatic heterocycles. The molecule has 0 saturated heterocycles. The van der Waals surface area contributed by atoms with Crippen molar-refractivity contribution in [1.82, 2.24) is 10.2 Å². The molecule has 1 atom stereocenters. The summed E-state index contributed by atoms with van der Waals surface area (Å²) in [6.45, 7) is 1.63. The SMILES string of the molecule is CCOc1ccc(S(=O)(=O)N(CC(=O)N(Cc2ccc(F)cc2)[C@H](Cc2ccccc2)C(=O)NC)c2ccccc2)cc1. The van der Waals surface area contributed by atoms with Crippen molar-refractivity contribution in [3.05, 3.63) is 126 Å². The van der Waals surface area contributed by atoms with E-state index in [9.17, 15) is 22.4 Å². The number of halogens is 1. The third kappa shape index (κ3) is 7.98. The topological polar surface area (TPSA) is 96.0 Å². The van der Waals surface area contributed by atoms with Crippen LogP contribution in [0.25, 0.3) is 0 Å². The van der Waals surface area contributed by atoms with Crippen molar-refractivity contribution in [2.45, 2.75) is 30.8 Å². The van der Waals surface area contributed by atoms with Gasteiger partial charge in [-0.25, -0.2) is 12.8 Å². The fourth-order valence-corrected chi connectivity index (χ4v) is 6.05. The summed E-state index contributed by atoms with van der Waals surface area (Å²) in [5.74, 6) is -0.943. The van der Waals surface area contributed by atoms with Crippen LogP contribution in [-0.4, -0.2) is 51.4 Å². The van der Waals surface area contributed by atoms with Gasteiger partial charge in [-0.1, -0.05) is 60.7 Å². The van der Waals surface area contributed by atoms with Gasteiger partial charge in [-0.2, -0.15) is 0 Å². The Labute approximate surface area is 251 Å². The quantitative estimate of drug-likeness (QED) is 0.237. The lowest BCUT2D eigenvalue weighted by molar-refractivity contribution is -0.139. The number of rotatable bonds is 13. The van der Waals surface area contributed by atoms with Crippen molar-refractivity contribution in [1.29, 1.82) is 0 Å². The van der Waals surface area contributed by atoms with Crippen LogP contribution in [0.15, 0.2) is 114 Å². The third-order valence-corrected chi connectivity index (χ3v) is 8.62. The van der Waals surface area contributed by atoms with E-state index < -0.39 is 40.2 Å². The average Bonchev–Trinajstić information content (AvgIpc) is 3.03. The summed E-state index contributed by atoms with van der Waals surface area (Å²) in [5, 5.41) is 2.64. The van der Waals surface area contributed by atoms with Crippen molar-refractivity contribution in [3.63, 3.8) is 0 Å². The van der Waals surface area contributed by atoms with E-state index in [4.69, 9.17) is 4.74 Å². The monoisotopic (exact) mass is 603 g/mol. The van der Waals surface area contributed by atoms with E-state index in [0.717, 1.165) is 9.87 Å². The zero-order valence-electron chi connectivity index (χ0n) is 24.0. The Morgan fingerprint density at radius 1 is 0.837 bits per heavy atom. The molecule has 2 amide bonds. The molecule has 224 valence electrons. The highest BCUT2D eigenvalue weighted by molar-refractivity contribution is 7.92. The van der Waals surface area contributed by atoms with Gasteiger partial charge >= 0.3 is 0 Å². The van der Waals surface area contributed by atoms with Crippen molar-refractivity contribution in [2.75, 3.05) is 24.5 Å². The Hall–Kier alpha value is -4.70. The number of sulfonamides is 1. The first-order valence-corrected chi connectivity index (χ1v) is 15.3. The van der Waals surface area contributed by atoms with E-state index in [1.165, 1.54) is 48.3 Å². The van der Waals surface area contributed by atoms with Gasteiger partial charge in [0.1, 0.15) is 24.2 Å². The van der Waals surface area contributed by atoms with Crippen LogP contribution in [0.3, 0.4) is 0 Å². The molecule has 1 N–H and O–H groups in total. The summed E-state index contributed by atoms with van der Waals surface area (Å²) in [6.07, 6.45) is 0.185. The molecule has 0 unspecified atom stereocenters. The van der Waals surface area contributed by atoms with Crippen molar-refractivity contribution < 1.29 is 27.1 Å². The maximum Gasteiger partial charge on any atom is 0.264 e. The van der Waals surface area contributed by atoms with E-state index in [1.807, 2.05) is 37.3 Å². The van der Waals surface area contributed by atoms with Crippen LogP contribution in [0.4, 0.5) is 10.1 Å². The first kappa shape index (κ1) is 31.2. The lowest BCUT2D eigenvalue weighted by atomic mass is 10.0. The molecule has 4 rings (SSSR count). The molecule has 0 aliphatic heterocycles. The average molecular weight is 604 g/mol. The molecular formula is C33H34FN3O5S. The zero-order chi connectivity index (χ0) is 30.8. The number of hydrogen-bond donors (Lipinski definition) is 1. The van der Waals surface area contributed by atoms with Gasteiger partial charge < -0.3 is 15.0 Å². The molecule has 8 nitrogen and oxygen atoms in total. The number of nitrogens with zero attached hydrogens (tertiary/aromatic N) is 2. The fourth-order valence-electron chi connectivity index (χ4n) is 4.63. The molecule has 0 spiro atoms. The van der Waals surface area contributed by atoms with Crippen LogP contribution >= 0.6 is 0 Å². The van der Waals surface area contributed by atoms with Crippen LogP contribution in [0, 0.1) is 5.82 Å². The Morgan fingerprint density at radius 2 is 1.44 bits per heavy atom. The lowest BCUT2D eigenvalue weighted by Gasteiger charge is -2.33. The summed E-state index contributed by atoms with van der Waals surface area (Å²) in [6, 6.07) is 28.1. The number of ether oxygens (including phenoxy) is 1. The predicted octanol–water partition coefficient (Wildman–Crippen LogP) is 4.81. The Bertz CT molecular complexity index is 1600. The number of nitrogens with one attached hydrogen (secondary N) is 1. The summed E-state index contributed by atoms with van der Waals surface area (Å²) < 4.78 is 48.2. The molecule has 0 fully saturated rings. The largest absolute Gasteiger partial charge is 0.494 e. The zero-order valence-corrected chi connectivity index (χ0v) is 24.8. The lowest BCUT2D eigenvalue weighted by Crippen LogP contribution is -2.53. The second kappa shape index (κ2) is 14.5. The molecule has 4 aromatic rings. The number of para-hydroxylation sites is 1. The Kier molecular flexibility index (Phi) is 10.5. The normalized spacial score (nSPS) is 11.8. The standard InChI is InChI=1S/C33H34FN3O5S/c1-3-42-29-18-20-30(21-19-29)43(40,41)37(28-12-8-5-9-13-28)24-32(38)36(23-26-14-16-27(34)17-15-26)31(33(39)35-2)22-25-10-6-4-7-11-25/h4-21,31H,3,22-24H2,1-2H3,(H,35,39)/t31-/m1/s1. The first-order chi connectivity index (χ1) is 20.7. The molecule has 4 aromatic carbocycles. The van der Waals surface area contributed by atoms with E-state index in [-0.39, 0.29) is 23.5 Å². The van der Waals surface area contributed by atoms with Gasteiger partial charge in [-0.15, -0.1) is 0 Å². The number of amides is 2. The number of carbonyl (C=O) groups is 2. The van der Waals surface area contributed by atoms with Gasteiger partial charge in [0.15, 0.2) is 0 Å². The highest BCUT2D eigenvalue weighted by Crippen LogP contribution is 2.26. The predicted molar refractivity (Wildman–Crippen MR) is 164 cm³/mol. The molecular weight excluding hydrogens is 569 g/mol. The minimum Gasteiger partial charge on any atom is -0.494 e. The van der Waals surface area contributed by atoms with Gasteiger partial charge in [0, 0.05) is 20.0 Å². The van der Waals surface area contributed by atoms with Crippen molar-refractivity contribution in [3.8, 4) is 5.75 Å². The van der Waals surface area contributed by atoms with Crippen molar-refractivity contribution in [2.24, 2.45) is 0 Å². The maximum absolute atomic E-state index is 14.2. The molecule has 0 heterocycles. The molecule has 0 radical (unpaired) electrons. The second-order valence-corrected chi connectivity index (χ2v) is 11.6. The Balaban J connectivity index is 1.75. The van der Waals surface area contributed by atoms with Gasteiger partial charge in [-0.3, -0.25) is 13.9 Å². The molecule has 0 aliphatic rings. The maximum atomic E-state index is 14.2. The van der Waals surface area contributed by atoms with Crippen LogP contribution in [0.1, 0.15) is 18.1 Å². The fraction of sp³-hybridized carbons (Fsp3) is 0.212. The number of anilines is 1. The van der Waals surface area contributed by atoms with Gasteiger partial charge in [0.2, 0.25) is 11.8 Å². The van der Waals surface area contributed by atoms with Gasteiger partial charge in [-0.05, 0) is 66.6 Å². The third-order valence-electron chi connectivity index (χ3n) is 6.83. The number of hydrogen-bond acceptors (Lipinski definition) is 5. The number of carbonyl (C=O) groups excluding carboxylic acids is 2. The van der Waals surface area contributed by atoms with Crippen LogP contribution in [-0.2, 0) is 32.6 Å². The molecule has 10 heteroatoms. The highest BCUT2D eigenvalue weighted by Gasteiger charge is 2.34. The van der Waals surface area contributed by atoms with E-state index in [0.29, 0.717) is 17.9 Å². The Morgan fingerprint density at radius 3 is 2.02 bits per heavy atom. The van der Waals surface area contributed by atoms with E-state index in [1.54, 1.807) is 42.5 Å². The first-order valence-electron chi connectivity index (χ1n) is 13.8. The van der Waals surface area contributed by atoms with E-state index in [2.05, 4.69) is 5.32 Å². The van der Waals surface area contributed by atoms with Gasteiger partial charge in [0.05, 0.1) is 17.2 Å². The molecule has 0 aliphatic carbocycles. The summed E-state index contributed by atoms with van der Waals surface area (Å²) in [7, 11) is -2.74. The highest BCUT2D eigenvalue weighted by atomic mass is 32.2.